The Hall–Kier alpha value is -1.62. The van der Waals surface area contributed by atoms with Gasteiger partial charge in [-0.3, -0.25) is 4.79 Å². The highest BCUT2D eigenvalue weighted by molar-refractivity contribution is 5.66. The molecule has 2 aliphatic heterocycles. The number of ether oxygens (including phenoxy) is 1. The highest BCUT2D eigenvalue weighted by Crippen LogP contribution is 2.45. The Morgan fingerprint density at radius 1 is 1.13 bits per heavy atom. The average Bonchev–Trinajstić information content (AvgIpc) is 3.46. The van der Waals surface area contributed by atoms with E-state index in [1.54, 1.807) is 0 Å². The highest BCUT2D eigenvalue weighted by Gasteiger charge is 2.48. The zero-order valence-electron chi connectivity index (χ0n) is 18.3. The maximum Gasteiger partial charge on any atom is 0.303 e. The molecule has 5 heteroatoms. The van der Waals surface area contributed by atoms with Crippen LogP contribution in [0.15, 0.2) is 24.7 Å². The van der Waals surface area contributed by atoms with Crippen LogP contribution in [0.2, 0.25) is 0 Å². The second-order valence-corrected chi connectivity index (χ2v) is 9.72. The number of aryl methyl sites for hydroxylation is 1. The quantitative estimate of drug-likeness (QED) is 0.493. The summed E-state index contributed by atoms with van der Waals surface area (Å²) in [5, 5.41) is 8.78. The van der Waals surface area contributed by atoms with Gasteiger partial charge in [0.05, 0.1) is 24.2 Å². The molecule has 0 spiro atoms. The first-order valence-corrected chi connectivity index (χ1v) is 12.2. The van der Waals surface area contributed by atoms with E-state index in [0.717, 1.165) is 25.3 Å². The monoisotopic (exact) mass is 414 g/mol. The van der Waals surface area contributed by atoms with Crippen molar-refractivity contribution in [3.05, 3.63) is 30.4 Å². The summed E-state index contributed by atoms with van der Waals surface area (Å²) in [5.41, 5.74) is 1.24. The summed E-state index contributed by atoms with van der Waals surface area (Å²) in [7, 11) is 0. The van der Waals surface area contributed by atoms with Gasteiger partial charge in [-0.15, -0.1) is 0 Å². The molecule has 1 aromatic heterocycles. The van der Waals surface area contributed by atoms with Gasteiger partial charge in [-0.25, -0.2) is 4.98 Å². The topological polar surface area (TPSA) is 64.3 Å². The first-order chi connectivity index (χ1) is 14.7. The van der Waals surface area contributed by atoms with Gasteiger partial charge < -0.3 is 14.4 Å². The smallest absolute Gasteiger partial charge is 0.303 e. The van der Waals surface area contributed by atoms with Gasteiger partial charge in [-0.05, 0) is 50.4 Å². The van der Waals surface area contributed by atoms with Crippen molar-refractivity contribution in [3.63, 3.8) is 0 Å². The lowest BCUT2D eigenvalue weighted by atomic mass is 9.77. The van der Waals surface area contributed by atoms with Crippen molar-refractivity contribution >= 4 is 5.97 Å². The summed E-state index contributed by atoms with van der Waals surface area (Å²) >= 11 is 0. The number of hydrogen-bond acceptors (Lipinski definition) is 3. The number of carboxylic acid groups (broad SMARTS) is 1. The Morgan fingerprint density at radius 2 is 1.93 bits per heavy atom. The number of fused-ring (bicyclic) bond motifs is 2. The van der Waals surface area contributed by atoms with Crippen molar-refractivity contribution in [1.82, 2.24) is 9.55 Å². The molecule has 4 rings (SSSR count). The fourth-order valence-electron chi connectivity index (χ4n) is 5.95. The van der Waals surface area contributed by atoms with E-state index < -0.39 is 5.97 Å². The number of hydrogen-bond donors (Lipinski definition) is 1. The predicted octanol–water partition coefficient (Wildman–Crippen LogP) is 5.39. The summed E-state index contributed by atoms with van der Waals surface area (Å²) in [6.45, 7) is 0.991. The molecule has 30 heavy (non-hydrogen) atoms. The predicted molar refractivity (Wildman–Crippen MR) is 117 cm³/mol. The lowest BCUT2D eigenvalue weighted by molar-refractivity contribution is -0.136. The summed E-state index contributed by atoms with van der Waals surface area (Å²) in [4.78, 5) is 15.3. The largest absolute Gasteiger partial charge is 0.481 e. The molecular weight excluding hydrogens is 376 g/mol. The van der Waals surface area contributed by atoms with Crippen molar-refractivity contribution in [2.45, 2.75) is 102 Å². The summed E-state index contributed by atoms with van der Waals surface area (Å²) in [5.74, 6) is 1.31. The van der Waals surface area contributed by atoms with Crippen LogP contribution in [0.1, 0.15) is 82.7 Å². The van der Waals surface area contributed by atoms with Crippen LogP contribution in [-0.2, 0) is 22.5 Å². The van der Waals surface area contributed by atoms with Crippen molar-refractivity contribution in [2.24, 2.45) is 17.8 Å². The van der Waals surface area contributed by atoms with E-state index in [1.165, 1.54) is 63.5 Å². The lowest BCUT2D eigenvalue weighted by Crippen LogP contribution is -2.30. The number of aliphatic carboxylic acids is 1. The Bertz CT molecular complexity index is 707. The summed E-state index contributed by atoms with van der Waals surface area (Å²) in [6, 6.07) is 0. The Balaban J connectivity index is 1.24. The average molecular weight is 415 g/mol. The van der Waals surface area contributed by atoms with Crippen molar-refractivity contribution in [3.8, 4) is 0 Å². The molecule has 0 aromatic carbocycles. The Kier molecular flexibility index (Phi) is 7.64. The second-order valence-electron chi connectivity index (χ2n) is 9.72. The molecular formula is C25H38N2O3. The fourth-order valence-corrected chi connectivity index (χ4v) is 5.95. The minimum atomic E-state index is -0.726. The van der Waals surface area contributed by atoms with E-state index in [9.17, 15) is 4.79 Å². The number of allylic oxidation sites excluding steroid dienone is 2. The Labute approximate surface area is 180 Å². The van der Waals surface area contributed by atoms with Crippen molar-refractivity contribution < 1.29 is 14.6 Å². The molecule has 0 amide bonds. The first-order valence-electron chi connectivity index (χ1n) is 12.2. The maximum absolute atomic E-state index is 10.7. The molecule has 0 unspecified atom stereocenters. The van der Waals surface area contributed by atoms with E-state index in [4.69, 9.17) is 9.84 Å². The molecule has 1 aromatic rings. The number of carbonyl (C=O) groups is 1. The molecule has 3 heterocycles. The van der Waals surface area contributed by atoms with Gasteiger partial charge in [0.15, 0.2) is 0 Å². The van der Waals surface area contributed by atoms with Gasteiger partial charge >= 0.3 is 5.97 Å². The molecule has 0 radical (unpaired) electrons. The third kappa shape index (κ3) is 5.75. The molecule has 2 bridgehead atoms. The van der Waals surface area contributed by atoms with Gasteiger partial charge in [-0.2, -0.15) is 0 Å². The molecule has 3 fully saturated rings. The van der Waals surface area contributed by atoms with E-state index >= 15 is 0 Å². The molecule has 2 saturated heterocycles. The van der Waals surface area contributed by atoms with Crippen LogP contribution >= 0.6 is 0 Å². The standard InChI is InChI=1S/C25H38N2O3/c28-25(29)13-6-2-5-12-21-22(24-15-14-23(21)30-24)17-27-16-20(26-18-27)11-7-10-19-8-3-1-4-9-19/h2,5,16,18-19,21-24H,1,3-4,6-15,17H2,(H,28,29)/b5-2-/t21-,22+,23+,24-/m1/s1. The van der Waals surface area contributed by atoms with Crippen molar-refractivity contribution in [1.29, 1.82) is 0 Å². The minimum Gasteiger partial charge on any atom is -0.481 e. The van der Waals surface area contributed by atoms with Crippen LogP contribution in [0.25, 0.3) is 0 Å². The summed E-state index contributed by atoms with van der Waals surface area (Å²) < 4.78 is 8.53. The van der Waals surface area contributed by atoms with Gasteiger partial charge in [0, 0.05) is 25.1 Å². The van der Waals surface area contributed by atoms with Crippen LogP contribution in [0.3, 0.4) is 0 Å². The van der Waals surface area contributed by atoms with E-state index in [2.05, 4.69) is 21.8 Å². The van der Waals surface area contributed by atoms with Crippen LogP contribution in [-0.4, -0.2) is 32.8 Å². The number of rotatable bonds is 11. The normalized spacial score (nSPS) is 29.2. The van der Waals surface area contributed by atoms with Crippen LogP contribution in [0.4, 0.5) is 0 Å². The van der Waals surface area contributed by atoms with Crippen molar-refractivity contribution in [2.75, 3.05) is 0 Å². The van der Waals surface area contributed by atoms with Gasteiger partial charge in [-0.1, -0.05) is 50.7 Å². The zero-order valence-corrected chi connectivity index (χ0v) is 18.3. The van der Waals surface area contributed by atoms with Gasteiger partial charge in [0.25, 0.3) is 0 Å². The number of nitrogens with zero attached hydrogens (tertiary/aromatic N) is 2. The molecule has 1 N–H and O–H groups in total. The minimum absolute atomic E-state index is 0.214. The van der Waals surface area contributed by atoms with Crippen LogP contribution in [0.5, 0.6) is 0 Å². The van der Waals surface area contributed by atoms with Gasteiger partial charge in [0.1, 0.15) is 0 Å². The fraction of sp³-hybridized carbons (Fsp3) is 0.760. The third-order valence-corrected chi connectivity index (χ3v) is 7.57. The highest BCUT2D eigenvalue weighted by atomic mass is 16.5. The number of aromatic nitrogens is 2. The number of carboxylic acids is 1. The third-order valence-electron chi connectivity index (χ3n) is 7.57. The second kappa shape index (κ2) is 10.6. The molecule has 3 aliphatic rings. The molecule has 1 aliphatic carbocycles. The zero-order chi connectivity index (χ0) is 20.8. The number of imidazole rings is 1. The molecule has 1 saturated carbocycles. The molecule has 166 valence electrons. The molecule has 4 atom stereocenters. The van der Waals surface area contributed by atoms with Crippen LogP contribution < -0.4 is 0 Å². The van der Waals surface area contributed by atoms with E-state index in [1.807, 2.05) is 12.4 Å². The SMILES string of the molecule is O=C(O)CC/C=C\C[C@@H]1[C@H](Cn2cnc(CCCC3CCCCC3)c2)[C@H]2CC[C@@H]1O2. The van der Waals surface area contributed by atoms with Gasteiger partial charge in [0.2, 0.25) is 0 Å². The first kappa shape index (κ1) is 21.6. The summed E-state index contributed by atoms with van der Waals surface area (Å²) in [6.07, 6.45) is 24.3. The Morgan fingerprint density at radius 3 is 2.73 bits per heavy atom. The van der Waals surface area contributed by atoms with E-state index in [-0.39, 0.29) is 6.42 Å². The lowest BCUT2D eigenvalue weighted by Gasteiger charge is -2.27. The maximum atomic E-state index is 10.7. The van der Waals surface area contributed by atoms with E-state index in [0.29, 0.717) is 30.5 Å². The molecule has 5 nitrogen and oxygen atoms in total. The van der Waals surface area contributed by atoms with Crippen LogP contribution in [0, 0.1) is 17.8 Å².